The molecule has 0 aliphatic rings. The van der Waals surface area contributed by atoms with Gasteiger partial charge in [0.1, 0.15) is 18.1 Å². The number of carbonyl (C=O) groups is 1. The van der Waals surface area contributed by atoms with E-state index < -0.39 is 26.9 Å². The highest BCUT2D eigenvalue weighted by molar-refractivity contribution is 7.85. The van der Waals surface area contributed by atoms with Crippen LogP contribution in [0.3, 0.4) is 0 Å². The Morgan fingerprint density at radius 1 is 1.35 bits per heavy atom. The second-order valence-corrected chi connectivity index (χ2v) is 8.09. The van der Waals surface area contributed by atoms with Crippen LogP contribution in [0.15, 0.2) is 41.7 Å². The quantitative estimate of drug-likeness (QED) is 0.267. The molecule has 31 heavy (non-hydrogen) atoms. The molecule has 0 aliphatic carbocycles. The minimum absolute atomic E-state index is 0.0576. The van der Waals surface area contributed by atoms with Crippen LogP contribution >= 0.6 is 0 Å². The van der Waals surface area contributed by atoms with Gasteiger partial charge in [0.2, 0.25) is 0 Å². The molecule has 2 aromatic heterocycles. The van der Waals surface area contributed by atoms with E-state index in [2.05, 4.69) is 20.6 Å². The van der Waals surface area contributed by atoms with Crippen LogP contribution in [-0.4, -0.2) is 48.3 Å². The number of aryl methyl sites for hydroxylation is 3. The summed E-state index contributed by atoms with van der Waals surface area (Å²) in [5, 5.41) is 21.3. The standard InChI is InChI=1S/C17H19N7O6S/c1-12-2-3-15(31(28,29)30)13(8-12)4-6-23-10-14(20-21-23)9-19-16(25)11-22-7-5-18-17(22)24(26)27/h2-3,5,7-8,10H,4,6,9,11H2,1H3,(H,19,25)(H,28,29,30). The second-order valence-electron chi connectivity index (χ2n) is 6.70. The number of benzene rings is 1. The summed E-state index contributed by atoms with van der Waals surface area (Å²) in [4.78, 5) is 25.6. The van der Waals surface area contributed by atoms with Gasteiger partial charge in [0.05, 0.1) is 17.6 Å². The first-order valence-electron chi connectivity index (χ1n) is 9.02. The first kappa shape index (κ1) is 22.0. The summed E-state index contributed by atoms with van der Waals surface area (Å²) in [6, 6.07) is 4.63. The van der Waals surface area contributed by atoms with Crippen molar-refractivity contribution >= 4 is 22.0 Å². The lowest BCUT2D eigenvalue weighted by Gasteiger charge is -2.08. The molecular weight excluding hydrogens is 430 g/mol. The Balaban J connectivity index is 1.57. The number of hydrogen-bond donors (Lipinski definition) is 2. The number of nitrogens with zero attached hydrogens (tertiary/aromatic N) is 6. The van der Waals surface area contributed by atoms with Crippen LogP contribution in [0.5, 0.6) is 0 Å². The van der Waals surface area contributed by atoms with Crippen molar-refractivity contribution in [2.24, 2.45) is 0 Å². The summed E-state index contributed by atoms with van der Waals surface area (Å²) in [7, 11) is -4.34. The van der Waals surface area contributed by atoms with Crippen LogP contribution in [0, 0.1) is 17.0 Å². The largest absolute Gasteiger partial charge is 0.435 e. The lowest BCUT2D eigenvalue weighted by Crippen LogP contribution is -2.27. The topological polar surface area (TPSA) is 175 Å². The molecule has 0 saturated heterocycles. The second kappa shape index (κ2) is 9.01. The summed E-state index contributed by atoms with van der Waals surface area (Å²) >= 11 is 0. The van der Waals surface area contributed by atoms with Gasteiger partial charge in [-0.25, -0.2) is 4.57 Å². The first-order chi connectivity index (χ1) is 14.6. The Kier molecular flexibility index (Phi) is 6.41. The average molecular weight is 449 g/mol. The monoisotopic (exact) mass is 449 g/mol. The molecular formula is C17H19N7O6S. The molecule has 1 amide bonds. The Morgan fingerprint density at radius 2 is 2.13 bits per heavy atom. The Morgan fingerprint density at radius 3 is 2.84 bits per heavy atom. The molecule has 0 unspecified atom stereocenters. The molecule has 0 radical (unpaired) electrons. The zero-order valence-corrected chi connectivity index (χ0v) is 17.2. The van der Waals surface area contributed by atoms with E-state index in [0.29, 0.717) is 17.8 Å². The maximum absolute atomic E-state index is 12.0. The fourth-order valence-electron chi connectivity index (χ4n) is 2.92. The third kappa shape index (κ3) is 5.70. The number of rotatable bonds is 9. The molecule has 13 nitrogen and oxygen atoms in total. The van der Waals surface area contributed by atoms with Crippen molar-refractivity contribution < 1.29 is 22.7 Å². The van der Waals surface area contributed by atoms with Gasteiger partial charge in [-0.05, 0) is 29.9 Å². The molecule has 164 valence electrons. The van der Waals surface area contributed by atoms with Crippen LogP contribution < -0.4 is 5.32 Å². The van der Waals surface area contributed by atoms with E-state index >= 15 is 0 Å². The van der Waals surface area contributed by atoms with Crippen LogP contribution in [0.25, 0.3) is 0 Å². The average Bonchev–Trinajstić information content (AvgIpc) is 3.33. The van der Waals surface area contributed by atoms with Gasteiger partial charge in [0.25, 0.3) is 16.0 Å². The first-order valence-corrected chi connectivity index (χ1v) is 10.5. The van der Waals surface area contributed by atoms with E-state index in [4.69, 9.17) is 0 Å². The highest BCUT2D eigenvalue weighted by Gasteiger charge is 2.18. The predicted octanol–water partition coefficient (Wildman–Crippen LogP) is 0.497. The zero-order valence-electron chi connectivity index (χ0n) is 16.4. The summed E-state index contributed by atoms with van der Waals surface area (Å²) in [5.74, 6) is -0.894. The van der Waals surface area contributed by atoms with Crippen LogP contribution in [0.4, 0.5) is 5.95 Å². The van der Waals surface area contributed by atoms with E-state index in [1.807, 2.05) is 6.92 Å². The molecule has 0 atom stereocenters. The van der Waals surface area contributed by atoms with Crippen LogP contribution in [-0.2, 0) is 41.0 Å². The van der Waals surface area contributed by atoms with Gasteiger partial charge in [-0.1, -0.05) is 27.9 Å². The van der Waals surface area contributed by atoms with Crippen molar-refractivity contribution in [3.05, 3.63) is 63.7 Å². The Hall–Kier alpha value is -3.65. The SMILES string of the molecule is Cc1ccc(S(=O)(=O)O)c(CCn2cc(CNC(=O)Cn3ccnc3[N+](=O)[O-])nn2)c1. The van der Waals surface area contributed by atoms with Crippen LogP contribution in [0.1, 0.15) is 16.8 Å². The van der Waals surface area contributed by atoms with Gasteiger partial charge in [-0.15, -0.1) is 5.10 Å². The van der Waals surface area contributed by atoms with E-state index in [1.165, 1.54) is 23.1 Å². The van der Waals surface area contributed by atoms with Gasteiger partial charge in [0.15, 0.2) is 6.54 Å². The predicted molar refractivity (Wildman–Crippen MR) is 105 cm³/mol. The summed E-state index contributed by atoms with van der Waals surface area (Å²) < 4.78 is 35.1. The number of hydrogen-bond acceptors (Lipinski definition) is 8. The maximum atomic E-state index is 12.0. The highest BCUT2D eigenvalue weighted by atomic mass is 32.2. The van der Waals surface area contributed by atoms with Crippen molar-refractivity contribution in [3.63, 3.8) is 0 Å². The number of amides is 1. The summed E-state index contributed by atoms with van der Waals surface area (Å²) in [5.41, 5.74) is 1.75. The van der Waals surface area contributed by atoms with E-state index in [1.54, 1.807) is 18.3 Å². The zero-order chi connectivity index (χ0) is 22.6. The molecule has 0 saturated carbocycles. The molecule has 3 aromatic rings. The fourth-order valence-corrected chi connectivity index (χ4v) is 3.65. The third-order valence-corrected chi connectivity index (χ3v) is 5.28. The van der Waals surface area contributed by atoms with Gasteiger partial charge >= 0.3 is 5.95 Å². The molecule has 2 heterocycles. The smallest absolute Gasteiger partial charge is 0.390 e. The minimum atomic E-state index is -4.34. The molecule has 3 rings (SSSR count). The lowest BCUT2D eigenvalue weighted by atomic mass is 10.1. The van der Waals surface area contributed by atoms with Crippen molar-refractivity contribution in [3.8, 4) is 0 Å². The van der Waals surface area contributed by atoms with Crippen molar-refractivity contribution in [1.29, 1.82) is 0 Å². The molecule has 0 spiro atoms. The van der Waals surface area contributed by atoms with Crippen LogP contribution in [0.2, 0.25) is 0 Å². The minimum Gasteiger partial charge on any atom is -0.390 e. The van der Waals surface area contributed by atoms with E-state index in [0.717, 1.165) is 10.1 Å². The summed E-state index contributed by atoms with van der Waals surface area (Å²) in [6.45, 7) is 1.90. The lowest BCUT2D eigenvalue weighted by molar-refractivity contribution is -0.396. The van der Waals surface area contributed by atoms with Crippen molar-refractivity contribution in [2.45, 2.75) is 37.9 Å². The number of imidazole rings is 1. The van der Waals surface area contributed by atoms with Crippen molar-refractivity contribution in [1.82, 2.24) is 29.9 Å². The number of aromatic nitrogens is 5. The van der Waals surface area contributed by atoms with E-state index in [-0.39, 0.29) is 24.4 Å². The molecule has 0 bridgehead atoms. The molecule has 0 aliphatic heterocycles. The maximum Gasteiger partial charge on any atom is 0.435 e. The fraction of sp³-hybridized carbons (Fsp3) is 0.294. The van der Waals surface area contributed by atoms with Crippen molar-refractivity contribution in [2.75, 3.05) is 0 Å². The molecule has 1 aromatic carbocycles. The van der Waals surface area contributed by atoms with Gasteiger partial charge in [0, 0.05) is 6.54 Å². The highest BCUT2D eigenvalue weighted by Crippen LogP contribution is 2.18. The number of nitrogens with one attached hydrogen (secondary N) is 1. The Bertz CT molecular complexity index is 1220. The third-order valence-electron chi connectivity index (χ3n) is 4.33. The molecule has 0 fully saturated rings. The number of carbonyl (C=O) groups excluding carboxylic acids is 1. The van der Waals surface area contributed by atoms with Gasteiger partial charge in [-0.3, -0.25) is 14.0 Å². The summed E-state index contributed by atoms with van der Waals surface area (Å²) in [6.07, 6.45) is 4.44. The van der Waals surface area contributed by atoms with E-state index in [9.17, 15) is 27.9 Å². The van der Waals surface area contributed by atoms with Gasteiger partial charge in [-0.2, -0.15) is 8.42 Å². The Labute approximate surface area is 176 Å². The normalized spacial score (nSPS) is 11.4. The molecule has 14 heteroatoms. The number of nitro groups is 1. The molecule has 2 N–H and O–H groups in total. The van der Waals surface area contributed by atoms with Gasteiger partial charge < -0.3 is 15.4 Å².